The second-order valence-electron chi connectivity index (χ2n) is 5.25. The zero-order valence-corrected chi connectivity index (χ0v) is 14.0. The molecule has 0 aliphatic carbocycles. The minimum absolute atomic E-state index is 0.0834. The van der Waals surface area contributed by atoms with E-state index in [0.717, 1.165) is 17.1 Å². The molecule has 1 fully saturated rings. The van der Waals surface area contributed by atoms with Crippen LogP contribution in [-0.2, 0) is 6.18 Å². The van der Waals surface area contributed by atoms with Crippen molar-refractivity contribution < 1.29 is 13.2 Å². The number of hydrogen-bond donors (Lipinski definition) is 1. The van der Waals surface area contributed by atoms with E-state index in [1.165, 1.54) is 12.1 Å². The second-order valence-corrected chi connectivity index (χ2v) is 8.02. The molecule has 0 saturated carbocycles. The predicted octanol–water partition coefficient (Wildman–Crippen LogP) is 4.51. The van der Waals surface area contributed by atoms with Gasteiger partial charge in [0.2, 0.25) is 0 Å². The van der Waals surface area contributed by atoms with Crippen LogP contribution in [0.5, 0.6) is 0 Å². The first-order valence-electron chi connectivity index (χ1n) is 6.93. The Morgan fingerprint density at radius 1 is 1.24 bits per heavy atom. The van der Waals surface area contributed by atoms with Gasteiger partial charge in [0.1, 0.15) is 0 Å². The highest BCUT2D eigenvalue weighted by atomic mass is 32.2. The molecule has 1 aromatic rings. The second kappa shape index (κ2) is 6.84. The third kappa shape index (κ3) is 3.90. The number of benzene rings is 1. The quantitative estimate of drug-likeness (QED) is 0.873. The van der Waals surface area contributed by atoms with Gasteiger partial charge in [0.15, 0.2) is 0 Å². The minimum Gasteiger partial charge on any atom is -0.312 e. The molecular weight excluding hydrogens is 315 g/mol. The third-order valence-corrected chi connectivity index (χ3v) is 7.00. The molecule has 2 rings (SSSR count). The Labute approximate surface area is 132 Å². The molecule has 1 saturated heterocycles. The lowest BCUT2D eigenvalue weighted by Gasteiger charge is -2.35. The number of alkyl halides is 3. The lowest BCUT2D eigenvalue weighted by molar-refractivity contribution is -0.137. The van der Waals surface area contributed by atoms with E-state index in [0.29, 0.717) is 16.1 Å². The number of halogens is 3. The fraction of sp³-hybridized carbons (Fsp3) is 0.600. The highest BCUT2D eigenvalue weighted by Crippen LogP contribution is 2.40. The molecule has 0 radical (unpaired) electrons. The van der Waals surface area contributed by atoms with Crippen LogP contribution in [0.15, 0.2) is 18.2 Å². The average molecular weight is 335 g/mol. The van der Waals surface area contributed by atoms with Gasteiger partial charge in [-0.25, -0.2) is 0 Å². The number of rotatable bonds is 3. The minimum atomic E-state index is -4.28. The number of hydrogen-bond acceptors (Lipinski definition) is 3. The lowest BCUT2D eigenvalue weighted by atomic mass is 9.95. The summed E-state index contributed by atoms with van der Waals surface area (Å²) in [5, 5.41) is 4.17. The maximum Gasteiger partial charge on any atom is 0.416 e. The van der Waals surface area contributed by atoms with Crippen LogP contribution in [0.2, 0.25) is 0 Å². The first kappa shape index (κ1) is 17.0. The van der Waals surface area contributed by atoms with E-state index in [2.05, 4.69) is 12.2 Å². The Bertz CT molecular complexity index is 490. The van der Waals surface area contributed by atoms with Crippen molar-refractivity contribution in [3.8, 4) is 0 Å². The first-order valence-corrected chi connectivity index (χ1v) is 9.02. The summed E-state index contributed by atoms with van der Waals surface area (Å²) in [5.74, 6) is 2.24. The Morgan fingerprint density at radius 2 is 1.90 bits per heavy atom. The van der Waals surface area contributed by atoms with Crippen molar-refractivity contribution in [2.24, 2.45) is 0 Å². The summed E-state index contributed by atoms with van der Waals surface area (Å²) in [6.45, 7) is 3.96. The highest BCUT2D eigenvalue weighted by Gasteiger charge is 2.34. The van der Waals surface area contributed by atoms with E-state index in [4.69, 9.17) is 0 Å². The van der Waals surface area contributed by atoms with Crippen molar-refractivity contribution in [3.05, 3.63) is 34.9 Å². The van der Waals surface area contributed by atoms with Crippen LogP contribution in [0.1, 0.15) is 29.7 Å². The summed E-state index contributed by atoms with van der Waals surface area (Å²) >= 11 is 3.85. The molecular formula is C15H20F3NS2. The van der Waals surface area contributed by atoms with Gasteiger partial charge in [-0.1, -0.05) is 13.0 Å². The number of thioether (sulfide) groups is 2. The Balaban J connectivity index is 2.30. The molecule has 1 aromatic carbocycles. The van der Waals surface area contributed by atoms with E-state index in [-0.39, 0.29) is 6.04 Å². The molecule has 1 aliphatic rings. The molecule has 0 aromatic heterocycles. The van der Waals surface area contributed by atoms with Crippen LogP contribution in [-0.4, -0.2) is 29.1 Å². The lowest BCUT2D eigenvalue weighted by Crippen LogP contribution is -2.36. The Kier molecular flexibility index (Phi) is 5.54. The first-order chi connectivity index (χ1) is 9.84. The Hall–Kier alpha value is -0.330. The van der Waals surface area contributed by atoms with Crippen molar-refractivity contribution >= 4 is 23.5 Å². The summed E-state index contributed by atoms with van der Waals surface area (Å²) in [7, 11) is 1.88. The van der Waals surface area contributed by atoms with Gasteiger partial charge < -0.3 is 5.32 Å². The van der Waals surface area contributed by atoms with E-state index in [9.17, 15) is 13.2 Å². The average Bonchev–Trinajstić information content (AvgIpc) is 2.42. The van der Waals surface area contributed by atoms with Gasteiger partial charge in [-0.05, 0) is 37.2 Å². The van der Waals surface area contributed by atoms with Crippen molar-refractivity contribution in [2.75, 3.05) is 18.6 Å². The summed E-state index contributed by atoms with van der Waals surface area (Å²) < 4.78 is 38.3. The molecule has 1 nitrogen and oxygen atoms in total. The van der Waals surface area contributed by atoms with Gasteiger partial charge in [-0.3, -0.25) is 0 Å². The van der Waals surface area contributed by atoms with Crippen LogP contribution < -0.4 is 5.32 Å². The Morgan fingerprint density at radius 3 is 2.43 bits per heavy atom. The van der Waals surface area contributed by atoms with Crippen molar-refractivity contribution in [1.29, 1.82) is 0 Å². The maximum absolute atomic E-state index is 12.8. The summed E-state index contributed by atoms with van der Waals surface area (Å²) in [5.41, 5.74) is 1.10. The zero-order chi connectivity index (χ0) is 15.6. The van der Waals surface area contributed by atoms with Crippen LogP contribution >= 0.6 is 23.5 Å². The van der Waals surface area contributed by atoms with Crippen molar-refractivity contribution in [2.45, 2.75) is 36.6 Å². The van der Waals surface area contributed by atoms with Crippen LogP contribution in [0.3, 0.4) is 0 Å². The molecule has 6 heteroatoms. The molecule has 118 valence electrons. The van der Waals surface area contributed by atoms with Crippen molar-refractivity contribution in [1.82, 2.24) is 5.32 Å². The largest absolute Gasteiger partial charge is 0.416 e. The number of aryl methyl sites for hydroxylation is 1. The highest BCUT2D eigenvalue weighted by molar-refractivity contribution is 8.07. The fourth-order valence-corrected chi connectivity index (χ4v) is 5.69. The molecule has 1 heterocycles. The van der Waals surface area contributed by atoms with Gasteiger partial charge in [0.05, 0.1) is 5.56 Å². The molecule has 1 aliphatic heterocycles. The van der Waals surface area contributed by atoms with Gasteiger partial charge >= 0.3 is 6.18 Å². The summed E-state index contributed by atoms with van der Waals surface area (Å²) in [6.07, 6.45) is -4.28. The number of nitrogens with one attached hydrogen (secondary N) is 1. The zero-order valence-electron chi connectivity index (χ0n) is 12.3. The van der Waals surface area contributed by atoms with E-state index < -0.39 is 11.7 Å². The van der Waals surface area contributed by atoms with E-state index in [1.807, 2.05) is 30.6 Å². The van der Waals surface area contributed by atoms with E-state index in [1.54, 1.807) is 13.0 Å². The summed E-state index contributed by atoms with van der Waals surface area (Å²) in [6, 6.07) is 4.16. The summed E-state index contributed by atoms with van der Waals surface area (Å²) in [4.78, 5) is 0. The van der Waals surface area contributed by atoms with Gasteiger partial charge in [-0.15, -0.1) is 0 Å². The molecule has 3 unspecified atom stereocenters. The molecule has 0 amide bonds. The SMILES string of the molecule is CNC(c1ccc(C(F)(F)F)cc1C)C1SCCSC1C. The van der Waals surface area contributed by atoms with Gasteiger partial charge in [-0.2, -0.15) is 36.7 Å². The normalized spacial score (nSPS) is 24.9. The standard InChI is InChI=1S/C15H20F3NS2/c1-9-8-11(15(16,17)18)4-5-12(9)13(19-3)14-10(2)20-6-7-21-14/h4-5,8,10,13-14,19H,6-7H2,1-3H3. The van der Waals surface area contributed by atoms with Crippen LogP contribution in [0, 0.1) is 6.92 Å². The molecule has 0 bridgehead atoms. The smallest absolute Gasteiger partial charge is 0.312 e. The topological polar surface area (TPSA) is 12.0 Å². The molecule has 0 spiro atoms. The van der Waals surface area contributed by atoms with E-state index >= 15 is 0 Å². The van der Waals surface area contributed by atoms with Gasteiger partial charge in [0, 0.05) is 28.0 Å². The molecule has 21 heavy (non-hydrogen) atoms. The predicted molar refractivity (Wildman–Crippen MR) is 86.1 cm³/mol. The van der Waals surface area contributed by atoms with Crippen LogP contribution in [0.25, 0.3) is 0 Å². The molecule has 1 N–H and O–H groups in total. The van der Waals surface area contributed by atoms with Crippen LogP contribution in [0.4, 0.5) is 13.2 Å². The fourth-order valence-electron chi connectivity index (χ4n) is 2.71. The van der Waals surface area contributed by atoms with Crippen molar-refractivity contribution in [3.63, 3.8) is 0 Å². The molecule has 3 atom stereocenters. The van der Waals surface area contributed by atoms with Gasteiger partial charge in [0.25, 0.3) is 0 Å². The maximum atomic E-state index is 12.8. The third-order valence-electron chi connectivity index (χ3n) is 3.81. The monoisotopic (exact) mass is 335 g/mol.